The van der Waals surface area contributed by atoms with E-state index in [2.05, 4.69) is 21.2 Å². The molecule has 0 unspecified atom stereocenters. The molecule has 0 radical (unpaired) electrons. The number of imide groups is 1. The highest BCUT2D eigenvalue weighted by atomic mass is 79.9. The molecule has 5 nitrogen and oxygen atoms in total. The summed E-state index contributed by atoms with van der Waals surface area (Å²) in [5.41, 5.74) is 2.12. The Morgan fingerprint density at radius 2 is 1.74 bits per heavy atom. The molecule has 4 rings (SSSR count). The van der Waals surface area contributed by atoms with Gasteiger partial charge in [-0.3, -0.25) is 4.79 Å². The summed E-state index contributed by atoms with van der Waals surface area (Å²) in [6, 6.07) is 17.3. The van der Waals surface area contributed by atoms with Crippen LogP contribution in [0, 0.1) is 5.82 Å². The molecule has 1 heterocycles. The number of ether oxygens (including phenoxy) is 1. The number of halogens is 3. The lowest BCUT2D eigenvalue weighted by Gasteiger charge is -2.11. The van der Waals surface area contributed by atoms with Gasteiger partial charge in [-0.05, 0) is 81.7 Å². The lowest BCUT2D eigenvalue weighted by molar-refractivity contribution is -0.113. The van der Waals surface area contributed by atoms with Crippen LogP contribution < -0.4 is 15.0 Å². The van der Waals surface area contributed by atoms with Crippen LogP contribution in [0.4, 0.5) is 14.9 Å². The van der Waals surface area contributed by atoms with Gasteiger partial charge in [-0.25, -0.2) is 14.1 Å². The summed E-state index contributed by atoms with van der Waals surface area (Å²) in [4.78, 5) is 26.1. The molecule has 0 aromatic heterocycles. The van der Waals surface area contributed by atoms with Gasteiger partial charge in [-0.2, -0.15) is 0 Å². The number of rotatable bonds is 5. The van der Waals surface area contributed by atoms with Crippen LogP contribution in [-0.4, -0.2) is 11.9 Å². The molecule has 1 fully saturated rings. The Labute approximate surface area is 191 Å². The van der Waals surface area contributed by atoms with E-state index in [4.69, 9.17) is 16.3 Å². The van der Waals surface area contributed by atoms with Gasteiger partial charge in [0.15, 0.2) is 0 Å². The molecule has 8 heteroatoms. The number of urea groups is 1. The number of amides is 3. The van der Waals surface area contributed by atoms with Crippen LogP contribution in [0.25, 0.3) is 6.08 Å². The van der Waals surface area contributed by atoms with E-state index in [1.165, 1.54) is 12.1 Å². The van der Waals surface area contributed by atoms with Gasteiger partial charge >= 0.3 is 6.03 Å². The fourth-order valence-corrected chi connectivity index (χ4v) is 3.63. The van der Waals surface area contributed by atoms with E-state index in [1.807, 2.05) is 0 Å². The number of hydrogen-bond donors (Lipinski definition) is 1. The van der Waals surface area contributed by atoms with Crippen molar-refractivity contribution in [2.45, 2.75) is 6.61 Å². The summed E-state index contributed by atoms with van der Waals surface area (Å²) in [5, 5.41) is 3.10. The molecular weight excluding hydrogens is 487 g/mol. The Morgan fingerprint density at radius 1 is 1.03 bits per heavy atom. The summed E-state index contributed by atoms with van der Waals surface area (Å²) in [5.74, 6) is -0.165. The van der Waals surface area contributed by atoms with Crippen LogP contribution in [-0.2, 0) is 11.4 Å². The zero-order chi connectivity index (χ0) is 22.0. The number of nitrogens with one attached hydrogen (secondary N) is 1. The van der Waals surface area contributed by atoms with E-state index in [1.54, 1.807) is 60.7 Å². The van der Waals surface area contributed by atoms with Crippen molar-refractivity contribution in [3.8, 4) is 5.75 Å². The third-order valence-corrected chi connectivity index (χ3v) is 5.41. The minimum Gasteiger partial charge on any atom is -0.488 e. The smallest absolute Gasteiger partial charge is 0.333 e. The third kappa shape index (κ3) is 4.78. The third-order valence-electron chi connectivity index (χ3n) is 4.54. The van der Waals surface area contributed by atoms with Gasteiger partial charge in [-0.1, -0.05) is 29.8 Å². The topological polar surface area (TPSA) is 58.6 Å². The summed E-state index contributed by atoms with van der Waals surface area (Å²) >= 11 is 9.33. The van der Waals surface area contributed by atoms with Gasteiger partial charge in [0.05, 0.1) is 10.2 Å². The lowest BCUT2D eigenvalue weighted by atomic mass is 10.1. The first-order valence-corrected chi connectivity index (χ1v) is 10.4. The average molecular weight is 502 g/mol. The molecule has 3 aromatic rings. The van der Waals surface area contributed by atoms with Crippen molar-refractivity contribution < 1.29 is 18.7 Å². The Morgan fingerprint density at radius 3 is 2.42 bits per heavy atom. The summed E-state index contributed by atoms with van der Waals surface area (Å²) in [6.07, 6.45) is 1.59. The first-order valence-electron chi connectivity index (χ1n) is 9.20. The van der Waals surface area contributed by atoms with E-state index in [0.29, 0.717) is 26.5 Å². The predicted octanol–water partition coefficient (Wildman–Crippen LogP) is 5.92. The Kier molecular flexibility index (Phi) is 6.06. The van der Waals surface area contributed by atoms with Crippen molar-refractivity contribution in [1.82, 2.24) is 5.32 Å². The summed E-state index contributed by atoms with van der Waals surface area (Å²) in [7, 11) is 0. The van der Waals surface area contributed by atoms with Gasteiger partial charge in [0.1, 0.15) is 23.9 Å². The zero-order valence-corrected chi connectivity index (χ0v) is 18.3. The van der Waals surface area contributed by atoms with Crippen molar-refractivity contribution >= 4 is 51.2 Å². The number of nitrogens with zero attached hydrogens (tertiary/aromatic N) is 1. The molecule has 3 aromatic carbocycles. The normalized spacial score (nSPS) is 14.8. The molecule has 0 saturated carbocycles. The van der Waals surface area contributed by atoms with E-state index in [0.717, 1.165) is 10.5 Å². The quantitative estimate of drug-likeness (QED) is 0.349. The summed E-state index contributed by atoms with van der Waals surface area (Å²) in [6.45, 7) is 0.282. The maximum absolute atomic E-state index is 13.0. The fourth-order valence-electron chi connectivity index (χ4n) is 2.99. The van der Waals surface area contributed by atoms with Crippen molar-refractivity contribution in [3.05, 3.63) is 98.9 Å². The average Bonchev–Trinajstić information content (AvgIpc) is 3.02. The van der Waals surface area contributed by atoms with Crippen LogP contribution in [0.5, 0.6) is 5.75 Å². The number of benzene rings is 3. The number of anilines is 1. The minimum atomic E-state index is -0.531. The first-order chi connectivity index (χ1) is 14.9. The predicted molar refractivity (Wildman–Crippen MR) is 120 cm³/mol. The molecule has 0 spiro atoms. The molecular formula is C23H15BrClFN2O3. The van der Waals surface area contributed by atoms with E-state index in [9.17, 15) is 14.0 Å². The van der Waals surface area contributed by atoms with Gasteiger partial charge in [-0.15, -0.1) is 0 Å². The van der Waals surface area contributed by atoms with Crippen LogP contribution in [0.2, 0.25) is 5.02 Å². The molecule has 156 valence electrons. The highest BCUT2D eigenvalue weighted by molar-refractivity contribution is 9.10. The SMILES string of the molecule is O=C1N/C(=C/c2ccc(OCc3ccc(F)cc3)c(Br)c2)C(=O)N1c1ccc(Cl)cc1. The maximum atomic E-state index is 13.0. The van der Waals surface area contributed by atoms with Crippen molar-refractivity contribution in [2.75, 3.05) is 4.90 Å². The fraction of sp³-hybridized carbons (Fsp3) is 0.0435. The highest BCUT2D eigenvalue weighted by Gasteiger charge is 2.34. The zero-order valence-electron chi connectivity index (χ0n) is 15.9. The molecule has 31 heavy (non-hydrogen) atoms. The highest BCUT2D eigenvalue weighted by Crippen LogP contribution is 2.29. The molecule has 0 atom stereocenters. The first kappa shape index (κ1) is 21.1. The maximum Gasteiger partial charge on any atom is 0.333 e. The minimum absolute atomic E-state index is 0.159. The van der Waals surface area contributed by atoms with Gasteiger partial charge in [0.25, 0.3) is 5.91 Å². The lowest BCUT2D eigenvalue weighted by Crippen LogP contribution is -2.30. The van der Waals surface area contributed by atoms with Gasteiger partial charge < -0.3 is 10.1 Å². The van der Waals surface area contributed by atoms with Crippen LogP contribution >= 0.6 is 27.5 Å². The second-order valence-corrected chi connectivity index (χ2v) is 8.00. The molecule has 1 aliphatic rings. The van der Waals surface area contributed by atoms with E-state index < -0.39 is 11.9 Å². The molecule has 1 aliphatic heterocycles. The van der Waals surface area contributed by atoms with E-state index in [-0.39, 0.29) is 18.1 Å². The van der Waals surface area contributed by atoms with Gasteiger partial charge in [0.2, 0.25) is 0 Å². The van der Waals surface area contributed by atoms with E-state index >= 15 is 0 Å². The number of carbonyl (C=O) groups is 2. The summed E-state index contributed by atoms with van der Waals surface area (Å²) < 4.78 is 19.4. The van der Waals surface area contributed by atoms with Crippen molar-refractivity contribution in [2.24, 2.45) is 0 Å². The molecule has 3 amide bonds. The van der Waals surface area contributed by atoms with Crippen molar-refractivity contribution in [1.29, 1.82) is 0 Å². The monoisotopic (exact) mass is 500 g/mol. The Balaban J connectivity index is 1.49. The van der Waals surface area contributed by atoms with Crippen molar-refractivity contribution in [3.63, 3.8) is 0 Å². The number of hydrogen-bond acceptors (Lipinski definition) is 3. The van der Waals surface area contributed by atoms with Gasteiger partial charge in [0, 0.05) is 5.02 Å². The Bertz CT molecular complexity index is 1180. The molecule has 0 bridgehead atoms. The van der Waals surface area contributed by atoms with Crippen LogP contribution in [0.15, 0.2) is 76.9 Å². The second-order valence-electron chi connectivity index (χ2n) is 6.71. The Hall–Kier alpha value is -3.16. The number of carbonyl (C=O) groups excluding carboxylic acids is 2. The molecule has 0 aliphatic carbocycles. The second kappa shape index (κ2) is 8.91. The van der Waals surface area contributed by atoms with Crippen LogP contribution in [0.3, 0.4) is 0 Å². The largest absolute Gasteiger partial charge is 0.488 e. The standard InChI is InChI=1S/C23H15BrClFN2O3/c24-19-11-15(3-10-21(19)31-13-14-1-6-17(26)7-2-14)12-20-22(29)28(23(30)27-20)18-8-4-16(25)5-9-18/h1-12H,13H2,(H,27,30)/b20-12+. The molecule has 1 N–H and O–H groups in total. The molecule has 1 saturated heterocycles. The van der Waals surface area contributed by atoms with Crippen LogP contribution in [0.1, 0.15) is 11.1 Å².